The van der Waals surface area contributed by atoms with Gasteiger partial charge < -0.3 is 4.74 Å². The molecule has 0 unspecified atom stereocenters. The Morgan fingerprint density at radius 2 is 1.76 bits per heavy atom. The van der Waals surface area contributed by atoms with Crippen molar-refractivity contribution in [3.05, 3.63) is 59.4 Å². The number of carbonyl (C=O) groups is 1. The Hall–Kier alpha value is -1.85. The van der Waals surface area contributed by atoms with E-state index in [4.69, 9.17) is 4.74 Å². The van der Waals surface area contributed by atoms with Gasteiger partial charge in [0.2, 0.25) is 0 Å². The number of carbonyl (C=O) groups excluding carboxylic acids is 1. The minimum Gasteiger partial charge on any atom is -0.423 e. The smallest absolute Gasteiger partial charge is 0.343 e. The third-order valence-corrected chi connectivity index (χ3v) is 5.25. The second-order valence-electron chi connectivity index (χ2n) is 6.49. The van der Waals surface area contributed by atoms with Crippen LogP contribution < -0.4 is 9.30 Å². The molecule has 3 rings (SSSR count). The summed E-state index contributed by atoms with van der Waals surface area (Å²) in [6.45, 7) is 8.33. The van der Waals surface area contributed by atoms with E-state index < -0.39 is 0 Å². The van der Waals surface area contributed by atoms with E-state index >= 15 is 0 Å². The molecule has 2 aromatic rings. The Morgan fingerprint density at radius 1 is 1.12 bits per heavy atom. The third-order valence-electron chi connectivity index (χ3n) is 4.31. The topological polar surface area (TPSA) is 33.4 Å². The molecule has 1 saturated heterocycles. The van der Waals surface area contributed by atoms with Crippen LogP contribution in [0.25, 0.3) is 0 Å². The molecular formula is C20H25N2O2S+. The monoisotopic (exact) mass is 357 g/mol. The number of aromatic nitrogens is 1. The molecule has 0 N–H and O–H groups in total. The summed E-state index contributed by atoms with van der Waals surface area (Å²) >= 11 is 2.03. The van der Waals surface area contributed by atoms with Crippen LogP contribution in [0.4, 0.5) is 0 Å². The number of hydrogen-bond acceptors (Lipinski definition) is 4. The van der Waals surface area contributed by atoms with Crippen molar-refractivity contribution in [2.24, 2.45) is 0 Å². The van der Waals surface area contributed by atoms with Gasteiger partial charge in [0.15, 0.2) is 18.9 Å². The van der Waals surface area contributed by atoms with E-state index in [0.29, 0.717) is 11.3 Å². The third kappa shape index (κ3) is 5.31. The molecular weight excluding hydrogens is 332 g/mol. The highest BCUT2D eigenvalue weighted by Crippen LogP contribution is 2.17. The second kappa shape index (κ2) is 8.50. The van der Waals surface area contributed by atoms with Crippen LogP contribution in [0.2, 0.25) is 0 Å². The van der Waals surface area contributed by atoms with Gasteiger partial charge in [-0.15, -0.1) is 0 Å². The van der Waals surface area contributed by atoms with Gasteiger partial charge in [0.1, 0.15) is 5.75 Å². The predicted octanol–water partition coefficient (Wildman–Crippen LogP) is 2.86. The number of thioether (sulfide) groups is 1. The molecule has 0 atom stereocenters. The average Bonchev–Trinajstić information content (AvgIpc) is 2.60. The van der Waals surface area contributed by atoms with Gasteiger partial charge in [0, 0.05) is 36.7 Å². The van der Waals surface area contributed by atoms with Gasteiger partial charge >= 0.3 is 5.97 Å². The summed E-state index contributed by atoms with van der Waals surface area (Å²) in [4.78, 5) is 14.8. The molecule has 0 saturated carbocycles. The van der Waals surface area contributed by atoms with Crippen LogP contribution in [-0.2, 0) is 6.54 Å². The molecule has 1 aromatic carbocycles. The fourth-order valence-electron chi connectivity index (χ4n) is 2.98. The van der Waals surface area contributed by atoms with Crippen LogP contribution in [0.3, 0.4) is 0 Å². The lowest BCUT2D eigenvalue weighted by Gasteiger charge is -2.24. The minimum absolute atomic E-state index is 0.315. The summed E-state index contributed by atoms with van der Waals surface area (Å²) in [5.41, 5.74) is 2.75. The first kappa shape index (κ1) is 18.0. The highest BCUT2D eigenvalue weighted by molar-refractivity contribution is 7.99. The normalized spacial score (nSPS) is 15.1. The van der Waals surface area contributed by atoms with Crippen LogP contribution in [0.15, 0.2) is 42.7 Å². The van der Waals surface area contributed by atoms with Crippen molar-refractivity contribution < 1.29 is 14.1 Å². The minimum atomic E-state index is -0.315. The summed E-state index contributed by atoms with van der Waals surface area (Å²) in [5, 5.41) is 0. The first-order chi connectivity index (χ1) is 12.1. The van der Waals surface area contributed by atoms with Crippen LogP contribution in [0.5, 0.6) is 5.75 Å². The average molecular weight is 357 g/mol. The van der Waals surface area contributed by atoms with Crippen LogP contribution in [0, 0.1) is 13.8 Å². The number of benzene rings is 1. The van der Waals surface area contributed by atoms with Gasteiger partial charge in [-0.25, -0.2) is 9.36 Å². The highest BCUT2D eigenvalue weighted by Gasteiger charge is 2.14. The molecule has 5 heteroatoms. The Labute approximate surface area is 153 Å². The Kier molecular flexibility index (Phi) is 6.10. The summed E-state index contributed by atoms with van der Waals surface area (Å²) in [5.74, 6) is 2.74. The first-order valence-corrected chi connectivity index (χ1v) is 9.85. The summed E-state index contributed by atoms with van der Waals surface area (Å²) in [6, 6.07) is 9.48. The van der Waals surface area contributed by atoms with Crippen molar-refractivity contribution >= 4 is 17.7 Å². The Balaban J connectivity index is 1.56. The van der Waals surface area contributed by atoms with Crippen molar-refractivity contribution in [1.29, 1.82) is 0 Å². The SMILES string of the molecule is Cc1cc(C)cc(OC(=O)c2cc[n+](CCN3CCSCC3)cc2)c1. The molecule has 0 spiro atoms. The molecule has 4 nitrogen and oxygen atoms in total. The maximum atomic E-state index is 12.3. The maximum Gasteiger partial charge on any atom is 0.343 e. The van der Waals surface area contributed by atoms with E-state index in [1.807, 2.05) is 62.3 Å². The number of esters is 1. The van der Waals surface area contributed by atoms with Crippen LogP contribution in [0.1, 0.15) is 21.5 Å². The highest BCUT2D eigenvalue weighted by atomic mass is 32.2. The van der Waals surface area contributed by atoms with Gasteiger partial charge in [-0.1, -0.05) is 6.07 Å². The molecule has 2 heterocycles. The number of nitrogens with zero attached hydrogens (tertiary/aromatic N) is 2. The molecule has 0 aliphatic carbocycles. The van der Waals surface area contributed by atoms with Gasteiger partial charge in [0.05, 0.1) is 12.1 Å². The number of pyridine rings is 1. The lowest BCUT2D eigenvalue weighted by atomic mass is 10.1. The fourth-order valence-corrected chi connectivity index (χ4v) is 3.96. The van der Waals surface area contributed by atoms with E-state index in [-0.39, 0.29) is 5.97 Å². The van der Waals surface area contributed by atoms with Crippen molar-refractivity contribution in [2.45, 2.75) is 20.4 Å². The number of rotatable bonds is 5. The van der Waals surface area contributed by atoms with E-state index in [1.54, 1.807) is 0 Å². The van der Waals surface area contributed by atoms with E-state index in [9.17, 15) is 4.79 Å². The quantitative estimate of drug-likeness (QED) is 0.468. The van der Waals surface area contributed by atoms with Crippen LogP contribution in [-0.4, -0.2) is 42.0 Å². The number of hydrogen-bond donors (Lipinski definition) is 0. The molecule has 0 radical (unpaired) electrons. The summed E-state index contributed by atoms with van der Waals surface area (Å²) in [7, 11) is 0. The molecule has 1 aliphatic rings. The largest absolute Gasteiger partial charge is 0.423 e. The molecule has 25 heavy (non-hydrogen) atoms. The van der Waals surface area contributed by atoms with Gasteiger partial charge in [-0.3, -0.25) is 4.90 Å². The molecule has 0 bridgehead atoms. The van der Waals surface area contributed by atoms with Crippen molar-refractivity contribution in [3.63, 3.8) is 0 Å². The first-order valence-electron chi connectivity index (χ1n) is 8.70. The number of aryl methyl sites for hydroxylation is 2. The molecule has 1 aliphatic heterocycles. The van der Waals surface area contributed by atoms with E-state index in [0.717, 1.165) is 24.2 Å². The molecule has 1 fully saturated rings. The molecule has 132 valence electrons. The van der Waals surface area contributed by atoms with Crippen LogP contribution >= 0.6 is 11.8 Å². The summed E-state index contributed by atoms with van der Waals surface area (Å²) in [6.07, 6.45) is 3.91. The molecule has 1 aromatic heterocycles. The van der Waals surface area contributed by atoms with Gasteiger partial charge in [0.25, 0.3) is 0 Å². The lowest BCUT2D eigenvalue weighted by Crippen LogP contribution is -2.42. The van der Waals surface area contributed by atoms with Gasteiger partial charge in [-0.2, -0.15) is 11.8 Å². The van der Waals surface area contributed by atoms with Gasteiger partial charge in [-0.05, 0) is 37.1 Å². The second-order valence-corrected chi connectivity index (χ2v) is 7.72. The van der Waals surface area contributed by atoms with Crippen molar-refractivity contribution in [3.8, 4) is 5.75 Å². The fraction of sp³-hybridized carbons (Fsp3) is 0.400. The zero-order valence-electron chi connectivity index (χ0n) is 14.9. The van der Waals surface area contributed by atoms with Crippen molar-refractivity contribution in [1.82, 2.24) is 4.90 Å². The zero-order chi connectivity index (χ0) is 17.6. The van der Waals surface area contributed by atoms with E-state index in [2.05, 4.69) is 15.5 Å². The predicted molar refractivity (Wildman–Crippen MR) is 101 cm³/mol. The number of ether oxygens (including phenoxy) is 1. The molecule has 0 amide bonds. The maximum absolute atomic E-state index is 12.3. The van der Waals surface area contributed by atoms with E-state index in [1.165, 1.54) is 24.6 Å². The lowest BCUT2D eigenvalue weighted by molar-refractivity contribution is -0.696. The standard InChI is InChI=1S/C20H25N2O2S/c1-16-13-17(2)15-19(14-16)24-20(23)18-3-5-21(6-4-18)7-8-22-9-11-25-12-10-22/h3-6,13-15H,7-12H2,1-2H3/q+1. The Bertz CT molecular complexity index is 705. The summed E-state index contributed by atoms with van der Waals surface area (Å²) < 4.78 is 7.62. The Morgan fingerprint density at radius 3 is 2.40 bits per heavy atom. The zero-order valence-corrected chi connectivity index (χ0v) is 15.7. The van der Waals surface area contributed by atoms with Crippen molar-refractivity contribution in [2.75, 3.05) is 31.1 Å².